The highest BCUT2D eigenvalue weighted by atomic mass is 16.5. The van der Waals surface area contributed by atoms with Gasteiger partial charge in [-0.3, -0.25) is 0 Å². The van der Waals surface area contributed by atoms with Crippen LogP contribution in [-0.2, 0) is 4.74 Å². The molecule has 1 atom stereocenters. The lowest BCUT2D eigenvalue weighted by Crippen LogP contribution is -2.46. The molecule has 0 aliphatic carbocycles. The third-order valence-electron chi connectivity index (χ3n) is 4.17. The fourth-order valence-electron chi connectivity index (χ4n) is 3.21. The van der Waals surface area contributed by atoms with Crippen LogP contribution in [0.4, 0.5) is 0 Å². The molecule has 2 aliphatic rings. The van der Waals surface area contributed by atoms with E-state index in [0.717, 1.165) is 25.7 Å². The average Bonchev–Trinajstić information content (AvgIpc) is 2.65. The molecule has 2 rings (SSSR count). The van der Waals surface area contributed by atoms with Crippen molar-refractivity contribution in [1.29, 1.82) is 0 Å². The molecule has 1 unspecified atom stereocenters. The summed E-state index contributed by atoms with van der Waals surface area (Å²) in [5.74, 6) is 0.895. The normalized spacial score (nSPS) is 30.8. The van der Waals surface area contributed by atoms with Crippen LogP contribution >= 0.6 is 0 Å². The fraction of sp³-hybridized carbons (Fsp3) is 1.00. The summed E-state index contributed by atoms with van der Waals surface area (Å²) in [6.45, 7) is 9.27. The molecule has 0 saturated carbocycles. The van der Waals surface area contributed by atoms with Crippen LogP contribution in [-0.4, -0.2) is 51.3 Å². The van der Waals surface area contributed by atoms with Crippen LogP contribution in [0.1, 0.15) is 26.2 Å². The largest absolute Gasteiger partial charge is 0.381 e. The quantitative estimate of drug-likeness (QED) is 0.783. The van der Waals surface area contributed by atoms with E-state index in [1.165, 1.54) is 38.9 Å². The molecule has 2 heterocycles. The number of ether oxygens (including phenoxy) is 1. The number of nitrogens with zero attached hydrogens (tertiary/aromatic N) is 1. The van der Waals surface area contributed by atoms with Gasteiger partial charge in [0.25, 0.3) is 0 Å². The topological polar surface area (TPSA) is 24.5 Å². The Kier molecular flexibility index (Phi) is 4.22. The van der Waals surface area contributed by atoms with E-state index in [2.05, 4.69) is 24.2 Å². The van der Waals surface area contributed by atoms with Gasteiger partial charge >= 0.3 is 0 Å². The van der Waals surface area contributed by atoms with Gasteiger partial charge in [0.05, 0.1) is 0 Å². The summed E-state index contributed by atoms with van der Waals surface area (Å²) in [7, 11) is 2.07. The first kappa shape index (κ1) is 12.3. The van der Waals surface area contributed by atoms with Crippen molar-refractivity contribution in [2.45, 2.75) is 26.2 Å². The SMILES string of the molecule is CNCC1(CN2CCC(C)C2)CCOCC1. The van der Waals surface area contributed by atoms with Gasteiger partial charge < -0.3 is 15.0 Å². The molecule has 2 fully saturated rings. The standard InChI is InChI=1S/C13H26N2O/c1-12-3-6-15(9-12)11-13(10-14-2)4-7-16-8-5-13/h12,14H,3-11H2,1-2H3. The van der Waals surface area contributed by atoms with Gasteiger partial charge in [0.15, 0.2) is 0 Å². The Balaban J connectivity index is 1.91. The third-order valence-corrected chi connectivity index (χ3v) is 4.17. The molecule has 94 valence electrons. The Morgan fingerprint density at radius 3 is 2.69 bits per heavy atom. The second-order valence-corrected chi connectivity index (χ2v) is 5.77. The van der Waals surface area contributed by atoms with Crippen LogP contribution in [0.15, 0.2) is 0 Å². The zero-order valence-corrected chi connectivity index (χ0v) is 10.8. The molecule has 3 nitrogen and oxygen atoms in total. The summed E-state index contributed by atoms with van der Waals surface area (Å²) in [5.41, 5.74) is 0.469. The van der Waals surface area contributed by atoms with E-state index in [1.807, 2.05) is 0 Å². The second-order valence-electron chi connectivity index (χ2n) is 5.77. The Labute approximate surface area is 99.5 Å². The highest BCUT2D eigenvalue weighted by Gasteiger charge is 2.35. The molecule has 0 amide bonds. The summed E-state index contributed by atoms with van der Waals surface area (Å²) in [5, 5.41) is 3.38. The maximum atomic E-state index is 5.51. The van der Waals surface area contributed by atoms with E-state index in [4.69, 9.17) is 4.74 Å². The molecule has 0 radical (unpaired) electrons. The van der Waals surface area contributed by atoms with Crippen molar-refractivity contribution in [3.05, 3.63) is 0 Å². The predicted octanol–water partition coefficient (Wildman–Crippen LogP) is 1.34. The Morgan fingerprint density at radius 2 is 2.12 bits per heavy atom. The average molecular weight is 226 g/mol. The fourth-order valence-corrected chi connectivity index (χ4v) is 3.21. The summed E-state index contributed by atoms with van der Waals surface area (Å²) < 4.78 is 5.51. The third kappa shape index (κ3) is 2.96. The van der Waals surface area contributed by atoms with Crippen molar-refractivity contribution in [2.75, 3.05) is 46.4 Å². The van der Waals surface area contributed by atoms with Gasteiger partial charge in [-0.15, -0.1) is 0 Å². The molecule has 0 aromatic rings. The number of hydrogen-bond acceptors (Lipinski definition) is 3. The maximum absolute atomic E-state index is 5.51. The number of rotatable bonds is 4. The lowest BCUT2D eigenvalue weighted by atomic mass is 9.79. The minimum absolute atomic E-state index is 0.469. The Morgan fingerprint density at radius 1 is 1.38 bits per heavy atom. The molecular formula is C13H26N2O. The molecule has 2 saturated heterocycles. The van der Waals surface area contributed by atoms with Gasteiger partial charge in [0.1, 0.15) is 0 Å². The summed E-state index contributed by atoms with van der Waals surface area (Å²) >= 11 is 0. The van der Waals surface area contributed by atoms with Gasteiger partial charge in [-0.1, -0.05) is 6.92 Å². The van der Waals surface area contributed by atoms with Crippen LogP contribution < -0.4 is 5.32 Å². The van der Waals surface area contributed by atoms with E-state index in [-0.39, 0.29) is 0 Å². The van der Waals surface area contributed by atoms with Crippen molar-refractivity contribution in [1.82, 2.24) is 10.2 Å². The lowest BCUT2D eigenvalue weighted by molar-refractivity contribution is -0.000450. The zero-order chi connectivity index (χ0) is 11.4. The van der Waals surface area contributed by atoms with Crippen LogP contribution in [0, 0.1) is 11.3 Å². The number of likely N-dealkylation sites (tertiary alicyclic amines) is 1. The molecular weight excluding hydrogens is 200 g/mol. The van der Waals surface area contributed by atoms with Crippen molar-refractivity contribution in [2.24, 2.45) is 11.3 Å². The second kappa shape index (κ2) is 5.48. The van der Waals surface area contributed by atoms with Crippen LogP contribution in [0.3, 0.4) is 0 Å². The first-order chi connectivity index (χ1) is 7.74. The highest BCUT2D eigenvalue weighted by molar-refractivity contribution is 4.88. The Hall–Kier alpha value is -0.120. The lowest BCUT2D eigenvalue weighted by Gasteiger charge is -2.40. The summed E-state index contributed by atoms with van der Waals surface area (Å²) in [6.07, 6.45) is 3.82. The van der Waals surface area contributed by atoms with Crippen LogP contribution in [0.2, 0.25) is 0 Å². The van der Waals surface area contributed by atoms with Crippen molar-refractivity contribution in [3.63, 3.8) is 0 Å². The van der Waals surface area contributed by atoms with E-state index >= 15 is 0 Å². The molecule has 0 aromatic heterocycles. The maximum Gasteiger partial charge on any atom is 0.0472 e. The van der Waals surface area contributed by atoms with Crippen molar-refractivity contribution >= 4 is 0 Å². The summed E-state index contributed by atoms with van der Waals surface area (Å²) in [6, 6.07) is 0. The summed E-state index contributed by atoms with van der Waals surface area (Å²) in [4.78, 5) is 2.66. The molecule has 0 aromatic carbocycles. The Bertz CT molecular complexity index is 208. The highest BCUT2D eigenvalue weighted by Crippen LogP contribution is 2.32. The predicted molar refractivity (Wildman–Crippen MR) is 66.6 cm³/mol. The first-order valence-electron chi connectivity index (χ1n) is 6.69. The van der Waals surface area contributed by atoms with Gasteiger partial charge in [-0.05, 0) is 44.2 Å². The van der Waals surface area contributed by atoms with Crippen LogP contribution in [0.25, 0.3) is 0 Å². The van der Waals surface area contributed by atoms with Gasteiger partial charge in [-0.2, -0.15) is 0 Å². The van der Waals surface area contributed by atoms with Crippen molar-refractivity contribution < 1.29 is 4.74 Å². The molecule has 16 heavy (non-hydrogen) atoms. The molecule has 3 heteroatoms. The molecule has 0 bridgehead atoms. The molecule has 0 spiro atoms. The van der Waals surface area contributed by atoms with E-state index in [0.29, 0.717) is 5.41 Å². The first-order valence-corrected chi connectivity index (χ1v) is 6.69. The minimum Gasteiger partial charge on any atom is -0.381 e. The molecule has 1 N–H and O–H groups in total. The monoisotopic (exact) mass is 226 g/mol. The van der Waals surface area contributed by atoms with E-state index in [9.17, 15) is 0 Å². The van der Waals surface area contributed by atoms with Gasteiger partial charge in [0, 0.05) is 32.8 Å². The van der Waals surface area contributed by atoms with Gasteiger partial charge in [-0.25, -0.2) is 0 Å². The smallest absolute Gasteiger partial charge is 0.0472 e. The molecule has 2 aliphatic heterocycles. The van der Waals surface area contributed by atoms with Crippen molar-refractivity contribution in [3.8, 4) is 0 Å². The van der Waals surface area contributed by atoms with E-state index < -0.39 is 0 Å². The number of hydrogen-bond donors (Lipinski definition) is 1. The van der Waals surface area contributed by atoms with Crippen LogP contribution in [0.5, 0.6) is 0 Å². The zero-order valence-electron chi connectivity index (χ0n) is 10.8. The van der Waals surface area contributed by atoms with Gasteiger partial charge in [0.2, 0.25) is 0 Å². The number of nitrogens with one attached hydrogen (secondary N) is 1. The van der Waals surface area contributed by atoms with E-state index in [1.54, 1.807) is 0 Å². The minimum atomic E-state index is 0.469.